The average Bonchev–Trinajstić information content (AvgIpc) is 3.19. The van der Waals surface area contributed by atoms with Gasteiger partial charge in [0.15, 0.2) is 5.96 Å². The molecule has 0 atom stereocenters. The molecule has 0 unspecified atom stereocenters. The molecule has 3 rings (SSSR count). The molecule has 1 saturated heterocycles. The molecule has 0 spiro atoms. The molecule has 158 valence electrons. The van der Waals surface area contributed by atoms with Gasteiger partial charge in [0.05, 0.1) is 12.1 Å². The molecule has 0 aromatic heterocycles. The van der Waals surface area contributed by atoms with Crippen LogP contribution in [0, 0.1) is 0 Å². The van der Waals surface area contributed by atoms with Crippen molar-refractivity contribution in [1.29, 1.82) is 0 Å². The van der Waals surface area contributed by atoms with E-state index in [-0.39, 0.29) is 24.0 Å². The Bertz CT molecular complexity index is 593. The molecule has 0 radical (unpaired) electrons. The maximum atomic E-state index is 10.7. The number of benzene rings is 1. The lowest BCUT2D eigenvalue weighted by atomic mass is 9.85. The number of rotatable bonds is 7. The first-order chi connectivity index (χ1) is 13.2. The zero-order valence-corrected chi connectivity index (χ0v) is 19.6. The molecule has 2 fully saturated rings. The molecule has 5 nitrogen and oxygen atoms in total. The van der Waals surface area contributed by atoms with E-state index in [1.807, 2.05) is 0 Å². The van der Waals surface area contributed by atoms with Gasteiger partial charge in [-0.1, -0.05) is 43.5 Å². The Morgan fingerprint density at radius 1 is 1.00 bits per heavy atom. The monoisotopic (exact) mass is 500 g/mol. The fourth-order valence-corrected chi connectivity index (χ4v) is 4.10. The number of aliphatic hydroxyl groups is 1. The summed E-state index contributed by atoms with van der Waals surface area (Å²) >= 11 is 0. The maximum absolute atomic E-state index is 10.7. The topological polar surface area (TPSA) is 59.9 Å². The van der Waals surface area contributed by atoms with Crippen molar-refractivity contribution in [3.63, 3.8) is 0 Å². The van der Waals surface area contributed by atoms with Crippen molar-refractivity contribution >= 4 is 29.9 Å². The normalized spacial score (nSPS) is 19.9. The van der Waals surface area contributed by atoms with Crippen molar-refractivity contribution in [2.24, 2.45) is 4.99 Å². The van der Waals surface area contributed by atoms with E-state index < -0.39 is 5.60 Å². The molecule has 0 amide bonds. The van der Waals surface area contributed by atoms with Crippen LogP contribution in [-0.4, -0.2) is 47.7 Å². The Morgan fingerprint density at radius 2 is 1.64 bits per heavy atom. The highest BCUT2D eigenvalue weighted by Gasteiger charge is 2.29. The van der Waals surface area contributed by atoms with Gasteiger partial charge in [0.1, 0.15) is 0 Å². The summed E-state index contributed by atoms with van der Waals surface area (Å²) in [6.45, 7) is 7.64. The van der Waals surface area contributed by atoms with E-state index in [2.05, 4.69) is 46.7 Å². The van der Waals surface area contributed by atoms with Crippen LogP contribution >= 0.6 is 24.0 Å². The third-order valence-electron chi connectivity index (χ3n) is 5.76. The zero-order valence-electron chi connectivity index (χ0n) is 17.3. The van der Waals surface area contributed by atoms with Crippen LogP contribution in [0.4, 0.5) is 0 Å². The predicted octanol–water partition coefficient (Wildman–Crippen LogP) is 3.65. The van der Waals surface area contributed by atoms with Crippen molar-refractivity contribution in [1.82, 2.24) is 15.5 Å². The minimum atomic E-state index is -0.578. The van der Waals surface area contributed by atoms with Gasteiger partial charge in [-0.25, -0.2) is 4.99 Å². The fraction of sp³-hybridized carbons (Fsp3) is 0.682. The molecule has 6 heteroatoms. The summed E-state index contributed by atoms with van der Waals surface area (Å²) in [4.78, 5) is 7.23. The summed E-state index contributed by atoms with van der Waals surface area (Å²) in [6.07, 6.45) is 7.93. The third-order valence-corrected chi connectivity index (χ3v) is 5.76. The minimum absolute atomic E-state index is 0. The van der Waals surface area contributed by atoms with Crippen molar-refractivity contribution < 1.29 is 5.11 Å². The van der Waals surface area contributed by atoms with Crippen LogP contribution in [0.3, 0.4) is 0 Å². The van der Waals surface area contributed by atoms with E-state index in [0.717, 1.165) is 44.7 Å². The van der Waals surface area contributed by atoms with Gasteiger partial charge in [-0.05, 0) is 56.8 Å². The van der Waals surface area contributed by atoms with Gasteiger partial charge in [-0.15, -0.1) is 24.0 Å². The van der Waals surface area contributed by atoms with E-state index >= 15 is 0 Å². The molecule has 28 heavy (non-hydrogen) atoms. The number of nitrogens with zero attached hydrogens (tertiary/aromatic N) is 2. The van der Waals surface area contributed by atoms with Crippen LogP contribution in [0.5, 0.6) is 0 Å². The number of nitrogens with one attached hydrogen (secondary N) is 2. The molecule has 3 N–H and O–H groups in total. The number of halogens is 1. The van der Waals surface area contributed by atoms with Crippen molar-refractivity contribution in [3.8, 4) is 0 Å². The van der Waals surface area contributed by atoms with Crippen LogP contribution in [-0.2, 0) is 13.1 Å². The molecule has 1 aromatic rings. The van der Waals surface area contributed by atoms with Crippen molar-refractivity contribution in [2.45, 2.75) is 70.6 Å². The molecule has 1 saturated carbocycles. The average molecular weight is 500 g/mol. The second kappa shape index (κ2) is 12.0. The summed E-state index contributed by atoms with van der Waals surface area (Å²) in [6, 6.07) is 8.84. The molecule has 0 bridgehead atoms. The summed E-state index contributed by atoms with van der Waals surface area (Å²) in [5.41, 5.74) is 2.02. The van der Waals surface area contributed by atoms with Crippen LogP contribution in [0.25, 0.3) is 0 Å². The zero-order chi connectivity index (χ0) is 19.0. The Hall–Kier alpha value is -0.860. The number of guanidine groups is 1. The van der Waals surface area contributed by atoms with Gasteiger partial charge in [0.25, 0.3) is 0 Å². The van der Waals surface area contributed by atoms with E-state index in [1.54, 1.807) is 0 Å². The Kier molecular flexibility index (Phi) is 10.0. The first-order valence-corrected chi connectivity index (χ1v) is 10.7. The SMILES string of the molecule is CCNC(=NCc1ccc(CN2CCCC2)cc1)NCC1(O)CCCCC1.I. The predicted molar refractivity (Wildman–Crippen MR) is 127 cm³/mol. The largest absolute Gasteiger partial charge is 0.388 e. The van der Waals surface area contributed by atoms with Crippen LogP contribution in [0.2, 0.25) is 0 Å². The number of aliphatic imine (C=N–C) groups is 1. The summed E-state index contributed by atoms with van der Waals surface area (Å²) < 4.78 is 0. The second-order valence-electron chi connectivity index (χ2n) is 8.13. The van der Waals surface area contributed by atoms with Gasteiger partial charge in [-0.3, -0.25) is 4.90 Å². The molecule has 1 aliphatic heterocycles. The Labute approximate surface area is 187 Å². The van der Waals surface area contributed by atoms with Gasteiger partial charge in [-0.2, -0.15) is 0 Å². The summed E-state index contributed by atoms with van der Waals surface area (Å²) in [5, 5.41) is 17.3. The van der Waals surface area contributed by atoms with Crippen LogP contribution < -0.4 is 10.6 Å². The fourth-order valence-electron chi connectivity index (χ4n) is 4.10. The summed E-state index contributed by atoms with van der Waals surface area (Å²) in [5.74, 6) is 0.789. The highest BCUT2D eigenvalue weighted by Crippen LogP contribution is 2.27. The minimum Gasteiger partial charge on any atom is -0.388 e. The first-order valence-electron chi connectivity index (χ1n) is 10.7. The lowest BCUT2D eigenvalue weighted by molar-refractivity contribution is 0.00859. The highest BCUT2D eigenvalue weighted by atomic mass is 127. The van der Waals surface area contributed by atoms with E-state index in [4.69, 9.17) is 4.99 Å². The van der Waals surface area contributed by atoms with Gasteiger partial charge < -0.3 is 15.7 Å². The van der Waals surface area contributed by atoms with Crippen LogP contribution in [0.1, 0.15) is 63.0 Å². The van der Waals surface area contributed by atoms with Gasteiger partial charge >= 0.3 is 0 Å². The summed E-state index contributed by atoms with van der Waals surface area (Å²) in [7, 11) is 0. The van der Waals surface area contributed by atoms with E-state index in [9.17, 15) is 5.11 Å². The lowest BCUT2D eigenvalue weighted by Crippen LogP contribution is -2.48. The van der Waals surface area contributed by atoms with Gasteiger partial charge in [0.2, 0.25) is 0 Å². The van der Waals surface area contributed by atoms with Crippen LogP contribution in [0.15, 0.2) is 29.3 Å². The maximum Gasteiger partial charge on any atom is 0.191 e. The third kappa shape index (κ3) is 7.52. The number of hydrogen-bond donors (Lipinski definition) is 3. The van der Waals surface area contributed by atoms with Crippen molar-refractivity contribution in [2.75, 3.05) is 26.2 Å². The Morgan fingerprint density at radius 3 is 2.29 bits per heavy atom. The number of likely N-dealkylation sites (tertiary alicyclic amines) is 1. The Balaban J connectivity index is 0.00000280. The van der Waals surface area contributed by atoms with E-state index in [1.165, 1.54) is 43.5 Å². The smallest absolute Gasteiger partial charge is 0.191 e. The number of hydrogen-bond acceptors (Lipinski definition) is 3. The quantitative estimate of drug-likeness (QED) is 0.304. The molecule has 1 aliphatic carbocycles. The molecule has 1 heterocycles. The lowest BCUT2D eigenvalue weighted by Gasteiger charge is -2.32. The molecular weight excluding hydrogens is 463 g/mol. The molecule has 1 aromatic carbocycles. The van der Waals surface area contributed by atoms with Crippen molar-refractivity contribution in [3.05, 3.63) is 35.4 Å². The molecule has 2 aliphatic rings. The van der Waals surface area contributed by atoms with E-state index in [0.29, 0.717) is 13.1 Å². The molecular formula is C22H37IN4O. The second-order valence-corrected chi connectivity index (χ2v) is 8.13. The van der Waals surface area contributed by atoms with Gasteiger partial charge in [0, 0.05) is 19.6 Å². The first kappa shape index (κ1) is 23.4. The standard InChI is InChI=1S/C22H36N4O.HI/c1-2-23-21(25-18-22(27)12-4-3-5-13-22)24-16-19-8-10-20(11-9-19)17-26-14-6-7-15-26;/h8-11,27H,2-7,12-18H2,1H3,(H2,23,24,25);1H. The highest BCUT2D eigenvalue weighted by molar-refractivity contribution is 14.0.